The van der Waals surface area contributed by atoms with Crippen molar-refractivity contribution in [3.8, 4) is 0 Å². The quantitative estimate of drug-likeness (QED) is 0.856. The highest BCUT2D eigenvalue weighted by molar-refractivity contribution is 6.30. The van der Waals surface area contributed by atoms with E-state index in [9.17, 15) is 4.79 Å². The molecule has 0 radical (unpaired) electrons. The summed E-state index contributed by atoms with van der Waals surface area (Å²) >= 11 is 5.92. The average molecular weight is 386 g/mol. The van der Waals surface area contributed by atoms with Gasteiger partial charge in [-0.2, -0.15) is 0 Å². The molecule has 2 aromatic rings. The predicted octanol–water partition coefficient (Wildman–Crippen LogP) is 3.71. The summed E-state index contributed by atoms with van der Waals surface area (Å²) in [4.78, 5) is 26.0. The molecule has 1 N–H and O–H groups in total. The standard InChI is InChI=1S/C20H24ClN5O/c1-25(2)18-22-12-14-8-10-20(17(14)24-18)9-3-11-26(13-20)19(27)23-16-6-4-15(21)5-7-16/h4-7,12H,3,8-11,13H2,1-2H3,(H,23,27). The molecule has 1 aromatic carbocycles. The van der Waals surface area contributed by atoms with Crippen LogP contribution in [0.5, 0.6) is 0 Å². The smallest absolute Gasteiger partial charge is 0.321 e. The molecule has 2 amide bonds. The van der Waals surface area contributed by atoms with Gasteiger partial charge < -0.3 is 15.1 Å². The molecule has 2 aliphatic rings. The maximum absolute atomic E-state index is 12.8. The lowest BCUT2D eigenvalue weighted by Crippen LogP contribution is -2.49. The first-order valence-electron chi connectivity index (χ1n) is 9.32. The van der Waals surface area contributed by atoms with Gasteiger partial charge in [-0.3, -0.25) is 0 Å². The van der Waals surface area contributed by atoms with E-state index in [-0.39, 0.29) is 11.4 Å². The van der Waals surface area contributed by atoms with Gasteiger partial charge in [-0.1, -0.05) is 11.6 Å². The van der Waals surface area contributed by atoms with Crippen molar-refractivity contribution in [3.05, 3.63) is 46.7 Å². The van der Waals surface area contributed by atoms with Gasteiger partial charge in [0.1, 0.15) is 0 Å². The van der Waals surface area contributed by atoms with Gasteiger partial charge in [0, 0.05) is 49.5 Å². The summed E-state index contributed by atoms with van der Waals surface area (Å²) in [6.45, 7) is 1.46. The summed E-state index contributed by atoms with van der Waals surface area (Å²) in [7, 11) is 3.91. The van der Waals surface area contributed by atoms with E-state index in [0.717, 1.165) is 49.6 Å². The van der Waals surface area contributed by atoms with E-state index in [2.05, 4.69) is 10.3 Å². The zero-order valence-corrected chi connectivity index (χ0v) is 16.5. The third-order valence-corrected chi connectivity index (χ3v) is 5.84. The number of halogens is 1. The first kappa shape index (κ1) is 18.0. The molecule has 27 heavy (non-hydrogen) atoms. The maximum Gasteiger partial charge on any atom is 0.321 e. The molecule has 1 aliphatic carbocycles. The molecule has 1 atom stereocenters. The van der Waals surface area contributed by atoms with Crippen molar-refractivity contribution < 1.29 is 4.79 Å². The fourth-order valence-corrected chi connectivity index (χ4v) is 4.31. The number of rotatable bonds is 2. The molecule has 1 aromatic heterocycles. The Hall–Kier alpha value is -2.34. The number of amides is 2. The number of hydrogen-bond acceptors (Lipinski definition) is 4. The Labute approximate surface area is 164 Å². The summed E-state index contributed by atoms with van der Waals surface area (Å²) in [5.41, 5.74) is 3.05. The molecule has 4 rings (SSSR count). The topological polar surface area (TPSA) is 61.4 Å². The fourth-order valence-electron chi connectivity index (χ4n) is 4.19. The number of piperidine rings is 1. The van der Waals surface area contributed by atoms with Crippen LogP contribution in [0.4, 0.5) is 16.4 Å². The van der Waals surface area contributed by atoms with Crippen LogP contribution < -0.4 is 10.2 Å². The third kappa shape index (κ3) is 3.46. The van der Waals surface area contributed by atoms with E-state index < -0.39 is 0 Å². The minimum Gasteiger partial charge on any atom is -0.347 e. The molecule has 1 fully saturated rings. The highest BCUT2D eigenvalue weighted by atomic mass is 35.5. The molecule has 0 saturated carbocycles. The number of carbonyl (C=O) groups is 1. The van der Waals surface area contributed by atoms with Gasteiger partial charge in [-0.15, -0.1) is 0 Å². The number of urea groups is 1. The van der Waals surface area contributed by atoms with Gasteiger partial charge in [0.15, 0.2) is 0 Å². The molecule has 6 nitrogen and oxygen atoms in total. The van der Waals surface area contributed by atoms with E-state index in [1.165, 1.54) is 5.56 Å². The number of aromatic nitrogens is 2. The molecule has 2 heterocycles. The predicted molar refractivity (Wildman–Crippen MR) is 108 cm³/mol. The molecule has 1 unspecified atom stereocenters. The molecule has 1 spiro atoms. The van der Waals surface area contributed by atoms with Crippen molar-refractivity contribution in [2.24, 2.45) is 0 Å². The lowest BCUT2D eigenvalue weighted by atomic mass is 9.77. The van der Waals surface area contributed by atoms with E-state index in [1.807, 2.05) is 42.2 Å². The van der Waals surface area contributed by atoms with Crippen molar-refractivity contribution in [3.63, 3.8) is 0 Å². The van der Waals surface area contributed by atoms with Gasteiger partial charge in [-0.05, 0) is 55.5 Å². The Morgan fingerprint density at radius 3 is 2.78 bits per heavy atom. The average Bonchev–Trinajstić information content (AvgIpc) is 3.01. The van der Waals surface area contributed by atoms with Crippen LogP contribution in [0.3, 0.4) is 0 Å². The maximum atomic E-state index is 12.8. The molecule has 7 heteroatoms. The normalized spacial score (nSPS) is 21.2. The number of hydrogen-bond donors (Lipinski definition) is 1. The SMILES string of the molecule is CN(C)c1ncc2c(n1)C1(CCCN(C(=O)Nc3ccc(Cl)cc3)C1)CC2. The molecular weight excluding hydrogens is 362 g/mol. The number of fused-ring (bicyclic) bond motifs is 2. The van der Waals surface area contributed by atoms with Crippen molar-refractivity contribution >= 4 is 29.3 Å². The van der Waals surface area contributed by atoms with Crippen molar-refractivity contribution in [2.45, 2.75) is 31.1 Å². The highest BCUT2D eigenvalue weighted by Crippen LogP contribution is 2.44. The van der Waals surface area contributed by atoms with Crippen LogP contribution in [0.25, 0.3) is 0 Å². The fraction of sp³-hybridized carbons (Fsp3) is 0.450. The second kappa shape index (κ2) is 7.00. The second-order valence-corrected chi connectivity index (χ2v) is 8.12. The number of carbonyl (C=O) groups excluding carboxylic acids is 1. The zero-order chi connectivity index (χ0) is 19.0. The van der Waals surface area contributed by atoms with Gasteiger partial charge in [0.05, 0.1) is 5.69 Å². The summed E-state index contributed by atoms with van der Waals surface area (Å²) in [6.07, 6.45) is 6.01. The Morgan fingerprint density at radius 2 is 2.04 bits per heavy atom. The number of nitrogens with zero attached hydrogens (tertiary/aromatic N) is 4. The summed E-state index contributed by atoms with van der Waals surface area (Å²) in [5, 5.41) is 3.64. The summed E-state index contributed by atoms with van der Waals surface area (Å²) < 4.78 is 0. The van der Waals surface area contributed by atoms with Crippen molar-refractivity contribution in [1.29, 1.82) is 0 Å². The Balaban J connectivity index is 1.54. The number of benzene rings is 1. The van der Waals surface area contributed by atoms with Gasteiger partial charge in [-0.25, -0.2) is 14.8 Å². The summed E-state index contributed by atoms with van der Waals surface area (Å²) in [6, 6.07) is 7.14. The first-order chi connectivity index (χ1) is 13.0. The van der Waals surface area contributed by atoms with Gasteiger partial charge in [0.25, 0.3) is 0 Å². The van der Waals surface area contributed by atoms with Crippen LogP contribution in [0.2, 0.25) is 5.02 Å². The van der Waals surface area contributed by atoms with Crippen LogP contribution in [0.1, 0.15) is 30.5 Å². The van der Waals surface area contributed by atoms with Gasteiger partial charge >= 0.3 is 6.03 Å². The highest BCUT2D eigenvalue weighted by Gasteiger charge is 2.44. The van der Waals surface area contributed by atoms with E-state index in [1.54, 1.807) is 12.1 Å². The number of aryl methyl sites for hydroxylation is 1. The molecule has 1 aliphatic heterocycles. The molecular formula is C20H24ClN5O. The van der Waals surface area contributed by atoms with E-state index in [0.29, 0.717) is 11.6 Å². The lowest BCUT2D eigenvalue weighted by molar-refractivity contribution is 0.157. The minimum atomic E-state index is -0.0632. The van der Waals surface area contributed by atoms with Crippen LogP contribution in [-0.4, -0.2) is 48.1 Å². The zero-order valence-electron chi connectivity index (χ0n) is 15.7. The van der Waals surface area contributed by atoms with E-state index >= 15 is 0 Å². The van der Waals surface area contributed by atoms with Crippen molar-refractivity contribution in [1.82, 2.24) is 14.9 Å². The van der Waals surface area contributed by atoms with Crippen LogP contribution >= 0.6 is 11.6 Å². The molecule has 142 valence electrons. The Kier molecular flexibility index (Phi) is 4.68. The summed E-state index contributed by atoms with van der Waals surface area (Å²) in [5.74, 6) is 0.734. The number of likely N-dealkylation sites (tertiary alicyclic amines) is 1. The minimum absolute atomic E-state index is 0.0569. The first-order valence-corrected chi connectivity index (χ1v) is 9.70. The number of anilines is 2. The Morgan fingerprint density at radius 1 is 1.26 bits per heavy atom. The second-order valence-electron chi connectivity index (χ2n) is 7.68. The van der Waals surface area contributed by atoms with Crippen LogP contribution in [0.15, 0.2) is 30.5 Å². The van der Waals surface area contributed by atoms with Crippen LogP contribution in [-0.2, 0) is 11.8 Å². The Bertz CT molecular complexity index is 850. The van der Waals surface area contributed by atoms with E-state index in [4.69, 9.17) is 16.6 Å². The number of nitrogens with one attached hydrogen (secondary N) is 1. The van der Waals surface area contributed by atoms with Crippen LogP contribution in [0, 0.1) is 0 Å². The third-order valence-electron chi connectivity index (χ3n) is 5.59. The largest absolute Gasteiger partial charge is 0.347 e. The van der Waals surface area contributed by atoms with Gasteiger partial charge in [0.2, 0.25) is 5.95 Å². The lowest BCUT2D eigenvalue weighted by Gasteiger charge is -2.40. The van der Waals surface area contributed by atoms with Crippen molar-refractivity contribution in [2.75, 3.05) is 37.4 Å². The molecule has 0 bridgehead atoms. The molecule has 1 saturated heterocycles. The monoisotopic (exact) mass is 385 g/mol.